The fourth-order valence-corrected chi connectivity index (χ4v) is 4.66. The summed E-state index contributed by atoms with van der Waals surface area (Å²) in [7, 11) is 1.64. The van der Waals surface area contributed by atoms with E-state index >= 15 is 0 Å². The van der Waals surface area contributed by atoms with E-state index in [9.17, 15) is 14.4 Å². The molecule has 0 saturated heterocycles. The van der Waals surface area contributed by atoms with E-state index < -0.39 is 6.04 Å². The molecule has 37 heavy (non-hydrogen) atoms. The van der Waals surface area contributed by atoms with Crippen LogP contribution in [0.2, 0.25) is 0 Å². The van der Waals surface area contributed by atoms with E-state index in [0.717, 1.165) is 11.0 Å². The van der Waals surface area contributed by atoms with Crippen LogP contribution in [0, 0.1) is 12.8 Å². The molecule has 3 heterocycles. The van der Waals surface area contributed by atoms with Gasteiger partial charge in [0, 0.05) is 32.1 Å². The Labute approximate surface area is 216 Å². The Bertz CT molecular complexity index is 1280. The van der Waals surface area contributed by atoms with Gasteiger partial charge in [-0.25, -0.2) is 14.6 Å². The highest BCUT2D eigenvalue weighted by molar-refractivity contribution is 5.97. The third-order valence-electron chi connectivity index (χ3n) is 6.85. The summed E-state index contributed by atoms with van der Waals surface area (Å²) in [6.45, 7) is 8.92. The van der Waals surface area contributed by atoms with Crippen LogP contribution in [0.1, 0.15) is 68.1 Å². The summed E-state index contributed by atoms with van der Waals surface area (Å²) in [6.07, 6.45) is 2.99. The molecule has 0 aliphatic carbocycles. The second-order valence-electron chi connectivity index (χ2n) is 10.1. The predicted octanol–water partition coefficient (Wildman–Crippen LogP) is 2.45. The molecule has 198 valence electrons. The molecule has 1 aliphatic heterocycles. The third-order valence-corrected chi connectivity index (χ3v) is 6.85. The van der Waals surface area contributed by atoms with E-state index in [1.165, 1.54) is 4.90 Å². The first-order valence-electron chi connectivity index (χ1n) is 12.8. The number of carbonyl (C=O) groups is 3. The predicted molar refractivity (Wildman–Crippen MR) is 139 cm³/mol. The van der Waals surface area contributed by atoms with Crippen LogP contribution >= 0.6 is 0 Å². The second kappa shape index (κ2) is 11.1. The van der Waals surface area contributed by atoms with E-state index in [2.05, 4.69) is 39.2 Å². The van der Waals surface area contributed by atoms with Crippen LogP contribution in [-0.2, 0) is 16.1 Å². The van der Waals surface area contributed by atoms with Crippen LogP contribution in [0.3, 0.4) is 0 Å². The average molecular weight is 509 g/mol. The fourth-order valence-electron chi connectivity index (χ4n) is 4.66. The first kappa shape index (κ1) is 26.3. The van der Waals surface area contributed by atoms with Gasteiger partial charge in [-0.05, 0) is 50.8 Å². The number of amides is 3. The molecule has 0 unspecified atom stereocenters. The van der Waals surface area contributed by atoms with E-state index in [0.29, 0.717) is 55.6 Å². The normalized spacial score (nSPS) is 20.2. The van der Waals surface area contributed by atoms with Gasteiger partial charge in [-0.1, -0.05) is 13.8 Å². The van der Waals surface area contributed by atoms with Crippen molar-refractivity contribution in [2.75, 3.05) is 20.1 Å². The number of nitrogens with zero attached hydrogens (tertiary/aromatic N) is 6. The highest BCUT2D eigenvalue weighted by atomic mass is 16.2. The van der Waals surface area contributed by atoms with Gasteiger partial charge in [0.05, 0.1) is 29.9 Å². The number of carbonyl (C=O) groups excluding carboxylic acids is 3. The zero-order valence-corrected chi connectivity index (χ0v) is 22.2. The number of hydrogen-bond acceptors (Lipinski definition) is 6. The number of rotatable bonds is 3. The highest BCUT2D eigenvalue weighted by Gasteiger charge is 2.29. The van der Waals surface area contributed by atoms with Crippen molar-refractivity contribution in [2.24, 2.45) is 5.92 Å². The number of benzene rings is 1. The largest absolute Gasteiger partial charge is 0.345 e. The van der Waals surface area contributed by atoms with Gasteiger partial charge in [-0.3, -0.25) is 14.4 Å². The zero-order chi connectivity index (χ0) is 26.7. The monoisotopic (exact) mass is 508 g/mol. The smallest absolute Gasteiger partial charge is 0.253 e. The number of H-pyrrole nitrogens is 1. The van der Waals surface area contributed by atoms with Gasteiger partial charge in [0.15, 0.2) is 0 Å². The molecule has 0 spiro atoms. The summed E-state index contributed by atoms with van der Waals surface area (Å²) in [6, 6.07) is 4.39. The lowest BCUT2D eigenvalue weighted by Gasteiger charge is -2.29. The number of hydrogen-bond donors (Lipinski definition) is 2. The number of aromatic amines is 1. The SMILES string of the molecule is Cc1nc2n(n1)CCN(C(=O)c1ccc3nc[nH]c3c1)CCCC(=O)N(C)[C@@H](C)C(=O)N[C@@H]2CC(C)C. The van der Waals surface area contributed by atoms with Crippen LogP contribution < -0.4 is 5.32 Å². The lowest BCUT2D eigenvalue weighted by Crippen LogP contribution is -2.47. The van der Waals surface area contributed by atoms with E-state index in [1.807, 2.05) is 13.0 Å². The molecule has 2 aromatic heterocycles. The summed E-state index contributed by atoms with van der Waals surface area (Å²) in [4.78, 5) is 54.7. The molecule has 1 aromatic carbocycles. The Balaban J connectivity index is 1.66. The summed E-state index contributed by atoms with van der Waals surface area (Å²) in [5.41, 5.74) is 2.14. The van der Waals surface area contributed by atoms with Crippen molar-refractivity contribution in [1.29, 1.82) is 0 Å². The minimum atomic E-state index is -0.638. The van der Waals surface area contributed by atoms with Crippen LogP contribution in [0.25, 0.3) is 11.0 Å². The number of aryl methyl sites for hydroxylation is 1. The maximum absolute atomic E-state index is 13.6. The van der Waals surface area contributed by atoms with Gasteiger partial charge in [0.25, 0.3) is 5.91 Å². The second-order valence-corrected chi connectivity index (χ2v) is 10.1. The third kappa shape index (κ3) is 5.98. The molecular weight excluding hydrogens is 472 g/mol. The Morgan fingerprint density at radius 1 is 1.19 bits per heavy atom. The van der Waals surface area contributed by atoms with Crippen LogP contribution in [0.4, 0.5) is 0 Å². The number of nitrogens with one attached hydrogen (secondary N) is 2. The molecule has 11 nitrogen and oxygen atoms in total. The number of aromatic nitrogens is 5. The molecular formula is C26H36N8O3. The van der Waals surface area contributed by atoms with Crippen molar-refractivity contribution in [1.82, 2.24) is 39.8 Å². The summed E-state index contributed by atoms with van der Waals surface area (Å²) < 4.78 is 1.80. The van der Waals surface area contributed by atoms with Crippen LogP contribution in [-0.4, -0.2) is 78.4 Å². The Morgan fingerprint density at radius 2 is 1.97 bits per heavy atom. The minimum absolute atomic E-state index is 0.122. The quantitative estimate of drug-likeness (QED) is 0.559. The molecule has 0 radical (unpaired) electrons. The standard InChI is InChI=1S/C26H36N8O3/c1-16(2)13-22-24-29-18(4)31-34(24)12-11-33(10-6-7-23(35)32(5)17(3)25(36)30-22)26(37)19-8-9-20-21(14-19)28-15-27-20/h8-9,14-17,22H,6-7,10-13H2,1-5H3,(H,27,28)(H,30,36)/t17-,22+/m0/s1. The summed E-state index contributed by atoms with van der Waals surface area (Å²) in [5.74, 6) is 1.07. The van der Waals surface area contributed by atoms with Gasteiger partial charge in [-0.2, -0.15) is 5.10 Å². The molecule has 0 saturated carbocycles. The van der Waals surface area contributed by atoms with Crippen molar-refractivity contribution in [3.8, 4) is 0 Å². The number of imidazole rings is 1. The lowest BCUT2D eigenvalue weighted by atomic mass is 10.0. The van der Waals surface area contributed by atoms with E-state index in [1.54, 1.807) is 42.0 Å². The van der Waals surface area contributed by atoms with Gasteiger partial charge in [0.2, 0.25) is 11.8 Å². The van der Waals surface area contributed by atoms with Gasteiger partial charge in [-0.15, -0.1) is 0 Å². The first-order valence-corrected chi connectivity index (χ1v) is 12.8. The Morgan fingerprint density at radius 3 is 2.73 bits per heavy atom. The van der Waals surface area contributed by atoms with Crippen LogP contribution in [0.15, 0.2) is 24.5 Å². The van der Waals surface area contributed by atoms with Crippen molar-refractivity contribution in [2.45, 2.75) is 65.6 Å². The zero-order valence-electron chi connectivity index (χ0n) is 22.2. The van der Waals surface area contributed by atoms with Gasteiger partial charge >= 0.3 is 0 Å². The van der Waals surface area contributed by atoms with Crippen molar-refractivity contribution < 1.29 is 14.4 Å². The Hall–Kier alpha value is -3.76. The van der Waals surface area contributed by atoms with Crippen molar-refractivity contribution in [3.63, 3.8) is 0 Å². The van der Waals surface area contributed by atoms with Crippen molar-refractivity contribution in [3.05, 3.63) is 41.7 Å². The molecule has 4 rings (SSSR count). The summed E-state index contributed by atoms with van der Waals surface area (Å²) >= 11 is 0. The van der Waals surface area contributed by atoms with Crippen molar-refractivity contribution >= 4 is 28.8 Å². The minimum Gasteiger partial charge on any atom is -0.345 e. The maximum atomic E-state index is 13.6. The van der Waals surface area contributed by atoms with E-state index in [-0.39, 0.29) is 30.2 Å². The lowest BCUT2D eigenvalue weighted by molar-refractivity contribution is -0.138. The average Bonchev–Trinajstić information content (AvgIpc) is 3.48. The highest BCUT2D eigenvalue weighted by Crippen LogP contribution is 2.22. The molecule has 1 aliphatic rings. The van der Waals surface area contributed by atoms with Gasteiger partial charge in [0.1, 0.15) is 17.7 Å². The molecule has 2 atom stereocenters. The maximum Gasteiger partial charge on any atom is 0.253 e. The first-order chi connectivity index (χ1) is 17.6. The topological polar surface area (TPSA) is 129 Å². The number of fused-ring (bicyclic) bond motifs is 2. The molecule has 3 amide bonds. The van der Waals surface area contributed by atoms with Gasteiger partial charge < -0.3 is 20.1 Å². The Kier molecular flexibility index (Phi) is 7.89. The molecule has 0 bridgehead atoms. The molecule has 0 fully saturated rings. The molecule has 11 heteroatoms. The summed E-state index contributed by atoms with van der Waals surface area (Å²) in [5, 5.41) is 7.69. The molecule has 3 aromatic rings. The number of likely N-dealkylation sites (N-methyl/N-ethyl adjacent to an activating group) is 1. The fraction of sp³-hybridized carbons (Fsp3) is 0.538. The van der Waals surface area contributed by atoms with Crippen LogP contribution in [0.5, 0.6) is 0 Å². The molecule has 2 N–H and O–H groups in total. The van der Waals surface area contributed by atoms with E-state index in [4.69, 9.17) is 0 Å².